The Labute approximate surface area is 187 Å². The summed E-state index contributed by atoms with van der Waals surface area (Å²) in [6.07, 6.45) is -0.672. The van der Waals surface area contributed by atoms with Gasteiger partial charge in [-0.05, 0) is 28.8 Å². The van der Waals surface area contributed by atoms with Crippen molar-refractivity contribution in [2.24, 2.45) is 0 Å². The zero-order chi connectivity index (χ0) is 22.3. The molecule has 0 unspecified atom stereocenters. The van der Waals surface area contributed by atoms with Gasteiger partial charge in [-0.3, -0.25) is 4.79 Å². The van der Waals surface area contributed by atoms with E-state index in [1.807, 2.05) is 30.3 Å². The molecular weight excluding hydrogens is 432 g/mol. The smallest absolute Gasteiger partial charge is 0.256 e. The molecule has 9 heteroatoms. The number of carbonyl (C=O) groups is 1. The summed E-state index contributed by atoms with van der Waals surface area (Å²) in [7, 11) is -2.17. The Hall–Kier alpha value is -2.88. The number of hydrogen-bond donors (Lipinski definition) is 0. The number of benzene rings is 2. The van der Waals surface area contributed by atoms with E-state index in [4.69, 9.17) is 14.2 Å². The van der Waals surface area contributed by atoms with E-state index in [1.165, 1.54) is 17.5 Å². The molecule has 0 radical (unpaired) electrons. The normalized spacial score (nSPS) is 19.2. The van der Waals surface area contributed by atoms with E-state index in [1.54, 1.807) is 17.0 Å². The van der Waals surface area contributed by atoms with Crippen LogP contribution in [0, 0.1) is 0 Å². The van der Waals surface area contributed by atoms with Gasteiger partial charge in [0.05, 0.1) is 4.90 Å². The van der Waals surface area contributed by atoms with E-state index in [9.17, 15) is 13.2 Å². The third kappa shape index (κ3) is 3.66. The van der Waals surface area contributed by atoms with E-state index >= 15 is 0 Å². The van der Waals surface area contributed by atoms with Gasteiger partial charge in [0.15, 0.2) is 17.6 Å². The number of amides is 1. The lowest BCUT2D eigenvalue weighted by atomic mass is 10.1. The lowest BCUT2D eigenvalue weighted by molar-refractivity contribution is -0.141. The van der Waals surface area contributed by atoms with Crippen molar-refractivity contribution in [1.82, 2.24) is 9.21 Å². The van der Waals surface area contributed by atoms with Crippen molar-refractivity contribution in [3.05, 3.63) is 65.2 Å². The van der Waals surface area contributed by atoms with Gasteiger partial charge in [0.25, 0.3) is 5.91 Å². The monoisotopic (exact) mass is 456 g/mol. The SMILES string of the molecule is CO[C@H](C(=O)N1CC2=C(C1)CN(S(=O)(=O)c1ccc3c(c1)OCCO3)C2)c1ccccc1. The molecule has 32 heavy (non-hydrogen) atoms. The minimum absolute atomic E-state index is 0.116. The Bertz CT molecular complexity index is 1160. The Morgan fingerprint density at radius 2 is 1.59 bits per heavy atom. The first-order valence-electron chi connectivity index (χ1n) is 10.4. The van der Waals surface area contributed by atoms with Crippen molar-refractivity contribution < 1.29 is 27.4 Å². The number of nitrogens with zero attached hydrogens (tertiary/aromatic N) is 2. The van der Waals surface area contributed by atoms with Gasteiger partial charge in [0.1, 0.15) is 13.2 Å². The molecule has 0 aromatic heterocycles. The summed E-state index contributed by atoms with van der Waals surface area (Å²) < 4.78 is 44.4. The number of sulfonamides is 1. The molecule has 0 bridgehead atoms. The van der Waals surface area contributed by atoms with Crippen LogP contribution in [0.2, 0.25) is 0 Å². The average Bonchev–Trinajstić information content (AvgIpc) is 3.40. The fraction of sp³-hybridized carbons (Fsp3) is 0.348. The highest BCUT2D eigenvalue weighted by molar-refractivity contribution is 7.89. The Balaban J connectivity index is 1.27. The molecule has 0 N–H and O–H groups in total. The topological polar surface area (TPSA) is 85.4 Å². The predicted octanol–water partition coefficient (Wildman–Crippen LogP) is 1.99. The second kappa shape index (κ2) is 8.23. The van der Waals surface area contributed by atoms with E-state index in [2.05, 4.69) is 0 Å². The molecule has 0 aliphatic carbocycles. The molecule has 3 heterocycles. The van der Waals surface area contributed by atoms with Crippen LogP contribution in [0.1, 0.15) is 11.7 Å². The van der Waals surface area contributed by atoms with Crippen LogP contribution < -0.4 is 9.47 Å². The molecule has 2 aromatic carbocycles. The third-order valence-corrected chi connectivity index (χ3v) is 7.81. The highest BCUT2D eigenvalue weighted by Crippen LogP contribution is 2.36. The number of ether oxygens (including phenoxy) is 3. The minimum Gasteiger partial charge on any atom is -0.486 e. The highest BCUT2D eigenvalue weighted by Gasteiger charge is 2.39. The maximum Gasteiger partial charge on any atom is 0.256 e. The third-order valence-electron chi connectivity index (χ3n) is 6.02. The van der Waals surface area contributed by atoms with Crippen LogP contribution in [0.5, 0.6) is 11.5 Å². The minimum atomic E-state index is -3.69. The molecule has 0 spiro atoms. The van der Waals surface area contributed by atoms with Crippen LogP contribution >= 0.6 is 0 Å². The van der Waals surface area contributed by atoms with Gasteiger partial charge in [-0.25, -0.2) is 8.42 Å². The Kier molecular flexibility index (Phi) is 5.40. The van der Waals surface area contributed by atoms with Crippen molar-refractivity contribution in [2.45, 2.75) is 11.0 Å². The van der Waals surface area contributed by atoms with Crippen LogP contribution in [0.4, 0.5) is 0 Å². The molecule has 2 aromatic rings. The first-order valence-corrected chi connectivity index (χ1v) is 11.9. The van der Waals surface area contributed by atoms with Crippen LogP contribution in [-0.2, 0) is 19.6 Å². The maximum absolute atomic E-state index is 13.2. The highest BCUT2D eigenvalue weighted by atomic mass is 32.2. The zero-order valence-electron chi connectivity index (χ0n) is 17.7. The second-order valence-corrected chi connectivity index (χ2v) is 9.94. The molecule has 0 saturated carbocycles. The summed E-state index contributed by atoms with van der Waals surface area (Å²) in [5.41, 5.74) is 2.75. The second-order valence-electron chi connectivity index (χ2n) is 8.01. The lowest BCUT2D eigenvalue weighted by Gasteiger charge is -2.26. The van der Waals surface area contributed by atoms with E-state index in [0.29, 0.717) is 37.8 Å². The van der Waals surface area contributed by atoms with E-state index in [0.717, 1.165) is 16.7 Å². The molecule has 8 nitrogen and oxygen atoms in total. The fourth-order valence-electron chi connectivity index (χ4n) is 4.38. The summed E-state index contributed by atoms with van der Waals surface area (Å²) >= 11 is 0. The molecule has 1 amide bonds. The average molecular weight is 457 g/mol. The molecule has 0 saturated heterocycles. The summed E-state index contributed by atoms with van der Waals surface area (Å²) in [5, 5.41) is 0. The molecule has 0 fully saturated rings. The molecule has 3 aliphatic rings. The quantitative estimate of drug-likeness (QED) is 0.640. The molecule has 168 valence electrons. The number of hydrogen-bond acceptors (Lipinski definition) is 6. The van der Waals surface area contributed by atoms with Gasteiger partial charge in [0, 0.05) is 39.4 Å². The first kappa shape index (κ1) is 21.0. The summed E-state index contributed by atoms with van der Waals surface area (Å²) in [5.74, 6) is 0.882. The maximum atomic E-state index is 13.2. The van der Waals surface area contributed by atoms with Crippen molar-refractivity contribution >= 4 is 15.9 Å². The standard InChI is InChI=1S/C23H24N2O6S/c1-29-22(16-5-3-2-4-6-16)23(26)24-12-17-14-25(15-18(17)13-24)32(27,28)19-7-8-20-21(11-19)31-10-9-30-20/h2-8,11,22H,9-10,12-15H2,1H3/t22-/m0/s1. The molecule has 5 rings (SSSR count). The van der Waals surface area contributed by atoms with Crippen molar-refractivity contribution in [1.29, 1.82) is 0 Å². The fourth-order valence-corrected chi connectivity index (χ4v) is 5.82. The number of methoxy groups -OCH3 is 1. The van der Waals surface area contributed by atoms with Crippen LogP contribution in [0.3, 0.4) is 0 Å². The lowest BCUT2D eigenvalue weighted by Crippen LogP contribution is -2.38. The van der Waals surface area contributed by atoms with Gasteiger partial charge in [-0.15, -0.1) is 0 Å². The van der Waals surface area contributed by atoms with Crippen molar-refractivity contribution in [3.8, 4) is 11.5 Å². The van der Waals surface area contributed by atoms with Crippen LogP contribution in [-0.4, -0.2) is 70.0 Å². The number of fused-ring (bicyclic) bond motifs is 1. The van der Waals surface area contributed by atoms with Gasteiger partial charge >= 0.3 is 0 Å². The number of rotatable bonds is 5. The summed E-state index contributed by atoms with van der Waals surface area (Å²) in [6, 6.07) is 14.1. The summed E-state index contributed by atoms with van der Waals surface area (Å²) in [6.45, 7) is 2.22. The largest absolute Gasteiger partial charge is 0.486 e. The number of carbonyl (C=O) groups excluding carboxylic acids is 1. The Morgan fingerprint density at radius 1 is 0.938 bits per heavy atom. The van der Waals surface area contributed by atoms with Crippen LogP contribution in [0.25, 0.3) is 0 Å². The summed E-state index contributed by atoms with van der Waals surface area (Å²) in [4.78, 5) is 15.0. The molecule has 3 aliphatic heterocycles. The van der Waals surface area contributed by atoms with Gasteiger partial charge in [-0.2, -0.15) is 4.31 Å². The molecule has 1 atom stereocenters. The predicted molar refractivity (Wildman–Crippen MR) is 116 cm³/mol. The van der Waals surface area contributed by atoms with Gasteiger partial charge < -0.3 is 19.1 Å². The van der Waals surface area contributed by atoms with Gasteiger partial charge in [-0.1, -0.05) is 30.3 Å². The van der Waals surface area contributed by atoms with Crippen molar-refractivity contribution in [2.75, 3.05) is 46.5 Å². The Morgan fingerprint density at radius 3 is 2.25 bits per heavy atom. The molecular formula is C23H24N2O6S. The van der Waals surface area contributed by atoms with Crippen LogP contribution in [0.15, 0.2) is 64.6 Å². The van der Waals surface area contributed by atoms with Crippen molar-refractivity contribution in [3.63, 3.8) is 0 Å². The van der Waals surface area contributed by atoms with E-state index < -0.39 is 16.1 Å². The van der Waals surface area contributed by atoms with E-state index in [-0.39, 0.29) is 23.9 Å². The first-order chi connectivity index (χ1) is 15.5. The van der Waals surface area contributed by atoms with Gasteiger partial charge in [0.2, 0.25) is 10.0 Å². The zero-order valence-corrected chi connectivity index (χ0v) is 18.5.